The van der Waals surface area contributed by atoms with E-state index in [-0.39, 0.29) is 12.1 Å². The Kier molecular flexibility index (Phi) is 6.58. The molecule has 0 saturated carbocycles. The third-order valence-corrected chi connectivity index (χ3v) is 6.13. The molecule has 4 aromatic rings. The summed E-state index contributed by atoms with van der Waals surface area (Å²) in [4.78, 5) is 30.7. The lowest BCUT2D eigenvalue weighted by molar-refractivity contribution is -0.378. The number of amides is 1. The molecule has 6 heteroatoms. The van der Waals surface area contributed by atoms with Crippen molar-refractivity contribution >= 4 is 17.4 Å². The summed E-state index contributed by atoms with van der Waals surface area (Å²) in [6.07, 6.45) is 3.54. The van der Waals surface area contributed by atoms with Crippen LogP contribution in [0.1, 0.15) is 28.3 Å². The van der Waals surface area contributed by atoms with Crippen LogP contribution in [0.2, 0.25) is 0 Å². The topological polar surface area (TPSA) is 83.8 Å². The molecule has 1 fully saturated rings. The number of benzene rings is 3. The Morgan fingerprint density at radius 2 is 1.50 bits per heavy atom. The van der Waals surface area contributed by atoms with Crippen molar-refractivity contribution < 1.29 is 24.4 Å². The molecule has 6 nitrogen and oxygen atoms in total. The number of aromatic nitrogens is 1. The van der Waals surface area contributed by atoms with E-state index in [1.165, 1.54) is 4.90 Å². The second kappa shape index (κ2) is 10.3. The van der Waals surface area contributed by atoms with E-state index in [1.807, 2.05) is 72.8 Å². The van der Waals surface area contributed by atoms with Crippen molar-refractivity contribution in [2.45, 2.75) is 19.2 Å². The maximum atomic E-state index is 13.6. The number of carbonyl (C=O) groups excluding carboxylic acids is 2. The van der Waals surface area contributed by atoms with Gasteiger partial charge < -0.3 is 14.7 Å². The van der Waals surface area contributed by atoms with Crippen LogP contribution in [0.25, 0.3) is 5.76 Å². The van der Waals surface area contributed by atoms with Gasteiger partial charge in [-0.25, -0.2) is 4.98 Å². The lowest BCUT2D eigenvalue weighted by Crippen LogP contribution is -2.29. The summed E-state index contributed by atoms with van der Waals surface area (Å²) < 4.78 is 5.81. The molecule has 1 aliphatic heterocycles. The summed E-state index contributed by atoms with van der Waals surface area (Å²) >= 11 is 0. The number of likely N-dealkylation sites (tertiary alicyclic amines) is 1. The molecule has 0 spiro atoms. The van der Waals surface area contributed by atoms with Crippen LogP contribution in [0.15, 0.2) is 115 Å². The molecule has 1 N–H and O–H groups in total. The molecule has 36 heavy (non-hydrogen) atoms. The number of Topliss-reactive ketones (excluding diaryl/α,β-unsaturated/α-hetero) is 1. The summed E-state index contributed by atoms with van der Waals surface area (Å²) in [5.74, 6) is -1.30. The lowest BCUT2D eigenvalue weighted by atomic mass is 9.95. The first kappa shape index (κ1) is 23.1. The van der Waals surface area contributed by atoms with Gasteiger partial charge in [0.15, 0.2) is 12.4 Å². The maximum Gasteiger partial charge on any atom is 0.295 e. The lowest BCUT2D eigenvalue weighted by Gasteiger charge is -2.27. The zero-order valence-electron chi connectivity index (χ0n) is 19.5. The highest BCUT2D eigenvalue weighted by Crippen LogP contribution is 2.39. The average molecular weight is 477 g/mol. The number of carbonyl (C=O) groups is 2. The van der Waals surface area contributed by atoms with E-state index >= 15 is 0 Å². The van der Waals surface area contributed by atoms with Crippen molar-refractivity contribution in [3.8, 4) is 5.75 Å². The average Bonchev–Trinajstić information content (AvgIpc) is 3.18. The third kappa shape index (κ3) is 4.74. The molecular weight excluding hydrogens is 452 g/mol. The van der Waals surface area contributed by atoms with Crippen molar-refractivity contribution in [2.24, 2.45) is 0 Å². The number of pyridine rings is 1. The zero-order chi connectivity index (χ0) is 24.9. The largest absolute Gasteiger partial charge is 0.872 e. The molecule has 0 radical (unpaired) electrons. The maximum absolute atomic E-state index is 13.6. The summed E-state index contributed by atoms with van der Waals surface area (Å²) in [7, 11) is 0. The number of hydrogen-bond acceptors (Lipinski definition) is 4. The Morgan fingerprint density at radius 3 is 2.17 bits per heavy atom. The highest BCUT2D eigenvalue weighted by molar-refractivity contribution is 6.46. The Balaban J connectivity index is 1.47. The molecule has 1 aromatic heterocycles. The van der Waals surface area contributed by atoms with E-state index in [2.05, 4.69) is 4.98 Å². The van der Waals surface area contributed by atoms with Crippen LogP contribution in [0.4, 0.5) is 0 Å². The van der Waals surface area contributed by atoms with Gasteiger partial charge in [0, 0.05) is 17.2 Å². The second-order valence-electron chi connectivity index (χ2n) is 8.53. The van der Waals surface area contributed by atoms with E-state index in [1.54, 1.807) is 36.7 Å². The van der Waals surface area contributed by atoms with Crippen molar-refractivity contribution in [1.29, 1.82) is 0 Å². The van der Waals surface area contributed by atoms with E-state index < -0.39 is 23.5 Å². The molecule has 178 valence electrons. The number of ketones is 1. The molecule has 2 heterocycles. The third-order valence-electron chi connectivity index (χ3n) is 6.13. The molecule has 1 amide bonds. The fraction of sp³-hybridized carbons (Fsp3) is 0.100. The van der Waals surface area contributed by atoms with Gasteiger partial charge in [0.05, 0.1) is 12.6 Å². The first-order valence-electron chi connectivity index (χ1n) is 11.7. The van der Waals surface area contributed by atoms with Crippen LogP contribution in [0.5, 0.6) is 5.75 Å². The van der Waals surface area contributed by atoms with Crippen LogP contribution in [-0.2, 0) is 22.7 Å². The van der Waals surface area contributed by atoms with Crippen molar-refractivity contribution in [3.63, 3.8) is 0 Å². The Hall–Kier alpha value is -4.71. The number of hydrogen-bond donors (Lipinski definition) is 0. The molecule has 0 bridgehead atoms. The second-order valence-corrected chi connectivity index (χ2v) is 8.53. The van der Waals surface area contributed by atoms with Gasteiger partial charge in [0.2, 0.25) is 5.78 Å². The Bertz CT molecular complexity index is 1390. The molecule has 1 unspecified atom stereocenters. The van der Waals surface area contributed by atoms with Gasteiger partial charge in [-0.15, -0.1) is 0 Å². The van der Waals surface area contributed by atoms with Crippen LogP contribution < -0.4 is 14.8 Å². The summed E-state index contributed by atoms with van der Waals surface area (Å²) in [6.45, 7) is 0.602. The zero-order valence-corrected chi connectivity index (χ0v) is 19.5. The molecule has 1 atom stereocenters. The van der Waals surface area contributed by atoms with Gasteiger partial charge in [-0.05, 0) is 34.9 Å². The Labute approximate surface area is 209 Å². The smallest absolute Gasteiger partial charge is 0.295 e. The van der Waals surface area contributed by atoms with Crippen LogP contribution in [-0.4, -0.2) is 16.6 Å². The Morgan fingerprint density at radius 1 is 0.833 bits per heavy atom. The molecular formula is C30H24N2O4. The summed E-state index contributed by atoms with van der Waals surface area (Å²) in [5.41, 5.74) is 2.86. The number of rotatable bonds is 7. The molecule has 5 rings (SSSR count). The molecule has 1 aliphatic rings. The minimum Gasteiger partial charge on any atom is -0.872 e. The SMILES string of the molecule is O=C1C(=O)N(Cc2ccc[nH+]c2)C(c2ccccc2)/C1=C(\[O-])c1ccc(OCc2ccccc2)cc1. The fourth-order valence-corrected chi connectivity index (χ4v) is 4.34. The molecule has 3 aromatic carbocycles. The quantitative estimate of drug-likeness (QED) is 0.232. The number of ether oxygens (including phenoxy) is 1. The molecule has 1 saturated heterocycles. The van der Waals surface area contributed by atoms with Crippen LogP contribution in [0, 0.1) is 0 Å². The first-order valence-corrected chi connectivity index (χ1v) is 11.7. The minimum atomic E-state index is -0.770. The van der Waals surface area contributed by atoms with Gasteiger partial charge in [0.25, 0.3) is 5.91 Å². The summed E-state index contributed by atoms with van der Waals surface area (Å²) in [6, 6.07) is 28.5. The van der Waals surface area contributed by atoms with E-state index in [9.17, 15) is 14.7 Å². The van der Waals surface area contributed by atoms with Crippen molar-refractivity contribution in [1.82, 2.24) is 4.90 Å². The highest BCUT2D eigenvalue weighted by Gasteiger charge is 2.44. The van der Waals surface area contributed by atoms with Crippen molar-refractivity contribution in [3.05, 3.63) is 137 Å². The minimum absolute atomic E-state index is 0.0379. The number of nitrogens with zero attached hydrogens (tertiary/aromatic N) is 1. The number of H-pyrrole nitrogens is 1. The van der Waals surface area contributed by atoms with Crippen LogP contribution in [0.3, 0.4) is 0 Å². The standard InChI is InChI=1S/C30H24N2O4/c33-28(24-13-15-25(16-14-24)36-20-21-8-3-1-4-9-21)26-27(23-11-5-2-6-12-23)32(30(35)29(26)34)19-22-10-7-17-31-18-22/h1-18,27,33H,19-20H2/b28-26+. The van der Waals surface area contributed by atoms with E-state index in [0.717, 1.165) is 11.1 Å². The summed E-state index contributed by atoms with van der Waals surface area (Å²) in [5, 5.41) is 13.6. The van der Waals surface area contributed by atoms with Gasteiger partial charge >= 0.3 is 0 Å². The monoisotopic (exact) mass is 476 g/mol. The predicted octanol–water partition coefficient (Wildman–Crippen LogP) is 3.50. The van der Waals surface area contributed by atoms with E-state index in [0.29, 0.717) is 23.5 Å². The fourth-order valence-electron chi connectivity index (χ4n) is 4.34. The normalized spacial score (nSPS) is 16.8. The highest BCUT2D eigenvalue weighted by atomic mass is 16.5. The van der Waals surface area contributed by atoms with Gasteiger partial charge in [-0.3, -0.25) is 9.59 Å². The van der Waals surface area contributed by atoms with Gasteiger partial charge in [0.1, 0.15) is 12.4 Å². The predicted molar refractivity (Wildman–Crippen MR) is 132 cm³/mol. The number of aromatic amines is 1. The first-order chi connectivity index (χ1) is 17.6. The number of nitrogens with one attached hydrogen (secondary N) is 1. The van der Waals surface area contributed by atoms with E-state index in [4.69, 9.17) is 4.74 Å². The van der Waals surface area contributed by atoms with Gasteiger partial charge in [-0.2, -0.15) is 0 Å². The van der Waals surface area contributed by atoms with Gasteiger partial charge in [-0.1, -0.05) is 78.6 Å². The van der Waals surface area contributed by atoms with Crippen molar-refractivity contribution in [2.75, 3.05) is 0 Å². The molecule has 0 aliphatic carbocycles. The van der Waals surface area contributed by atoms with Crippen LogP contribution >= 0.6 is 0 Å².